The second-order valence-electron chi connectivity index (χ2n) is 4.53. The average molecular weight is 171 g/mol. The molecule has 2 N–H and O–H groups in total. The molecule has 0 spiro atoms. The lowest BCUT2D eigenvalue weighted by Gasteiger charge is -2.36. The Bertz CT molecular complexity index is 131. The molecule has 2 nitrogen and oxygen atoms in total. The predicted molar refractivity (Wildman–Crippen MR) is 51.0 cm³/mol. The molecule has 12 heavy (non-hydrogen) atoms. The van der Waals surface area contributed by atoms with Crippen molar-refractivity contribution in [3.63, 3.8) is 0 Å². The minimum absolute atomic E-state index is 0.00128. The van der Waals surface area contributed by atoms with Crippen LogP contribution in [0.3, 0.4) is 0 Å². The van der Waals surface area contributed by atoms with Gasteiger partial charge in [0.25, 0.3) is 0 Å². The number of hydrogen-bond donors (Lipinski definition) is 1. The summed E-state index contributed by atoms with van der Waals surface area (Å²) in [6.45, 7) is 4.26. The van der Waals surface area contributed by atoms with Crippen molar-refractivity contribution in [2.24, 2.45) is 11.7 Å². The summed E-state index contributed by atoms with van der Waals surface area (Å²) in [6, 6.07) is 0. The molecule has 0 radical (unpaired) electrons. The van der Waals surface area contributed by atoms with E-state index >= 15 is 0 Å². The first-order valence-corrected chi connectivity index (χ1v) is 4.85. The molecule has 1 aliphatic rings. The number of methoxy groups -OCH3 is 1. The van der Waals surface area contributed by atoms with Gasteiger partial charge < -0.3 is 10.5 Å². The molecule has 0 unspecified atom stereocenters. The zero-order chi connectivity index (χ0) is 9.19. The van der Waals surface area contributed by atoms with Gasteiger partial charge in [0.15, 0.2) is 0 Å². The largest absolute Gasteiger partial charge is 0.381 e. The molecule has 72 valence electrons. The molecule has 0 aromatic rings. The van der Waals surface area contributed by atoms with E-state index in [-0.39, 0.29) is 5.54 Å². The summed E-state index contributed by atoms with van der Waals surface area (Å²) in [6.07, 6.45) is 5.30. The lowest BCUT2D eigenvalue weighted by molar-refractivity contribution is 0.0457. The van der Waals surface area contributed by atoms with Crippen molar-refractivity contribution in [3.05, 3.63) is 0 Å². The first-order valence-electron chi connectivity index (χ1n) is 4.85. The summed E-state index contributed by atoms with van der Waals surface area (Å²) in [4.78, 5) is 0. The minimum Gasteiger partial charge on any atom is -0.381 e. The third kappa shape index (κ3) is 2.46. The van der Waals surface area contributed by atoms with Crippen LogP contribution in [0.4, 0.5) is 0 Å². The van der Waals surface area contributed by atoms with Crippen LogP contribution in [0.5, 0.6) is 0 Å². The van der Waals surface area contributed by atoms with Crippen molar-refractivity contribution in [2.75, 3.05) is 7.11 Å². The van der Waals surface area contributed by atoms with E-state index < -0.39 is 0 Å². The second-order valence-corrected chi connectivity index (χ2v) is 4.53. The van der Waals surface area contributed by atoms with Gasteiger partial charge in [0.05, 0.1) is 6.10 Å². The molecule has 0 aromatic carbocycles. The monoisotopic (exact) mass is 171 g/mol. The van der Waals surface area contributed by atoms with E-state index in [0.717, 1.165) is 0 Å². The van der Waals surface area contributed by atoms with E-state index in [1.165, 1.54) is 25.7 Å². The third-order valence-electron chi connectivity index (χ3n) is 3.06. The van der Waals surface area contributed by atoms with E-state index in [4.69, 9.17) is 10.5 Å². The van der Waals surface area contributed by atoms with Crippen LogP contribution in [0.2, 0.25) is 0 Å². The summed E-state index contributed by atoms with van der Waals surface area (Å²) in [5, 5.41) is 0. The Kier molecular flexibility index (Phi) is 3.13. The maximum absolute atomic E-state index is 6.06. The Morgan fingerprint density at radius 2 is 1.67 bits per heavy atom. The molecular formula is C10H21NO. The molecule has 0 atom stereocenters. The summed E-state index contributed by atoms with van der Waals surface area (Å²) in [5.74, 6) is 0.684. The van der Waals surface area contributed by atoms with Crippen molar-refractivity contribution in [3.8, 4) is 0 Å². The Hall–Kier alpha value is -0.0800. The number of hydrogen-bond acceptors (Lipinski definition) is 2. The van der Waals surface area contributed by atoms with Gasteiger partial charge in [0, 0.05) is 12.6 Å². The van der Waals surface area contributed by atoms with Gasteiger partial charge in [-0.2, -0.15) is 0 Å². The van der Waals surface area contributed by atoms with Gasteiger partial charge in [-0.15, -0.1) is 0 Å². The number of ether oxygens (including phenoxy) is 1. The molecule has 0 heterocycles. The molecular weight excluding hydrogens is 150 g/mol. The lowest BCUT2D eigenvalue weighted by atomic mass is 9.76. The van der Waals surface area contributed by atoms with Crippen molar-refractivity contribution in [1.82, 2.24) is 0 Å². The van der Waals surface area contributed by atoms with Crippen LogP contribution < -0.4 is 5.73 Å². The van der Waals surface area contributed by atoms with Crippen molar-refractivity contribution >= 4 is 0 Å². The van der Waals surface area contributed by atoms with E-state index in [9.17, 15) is 0 Å². The second kappa shape index (κ2) is 3.75. The summed E-state index contributed by atoms with van der Waals surface area (Å²) in [7, 11) is 1.80. The summed E-state index contributed by atoms with van der Waals surface area (Å²) < 4.78 is 5.31. The fraction of sp³-hybridized carbons (Fsp3) is 1.00. The molecule has 1 aliphatic carbocycles. The highest BCUT2D eigenvalue weighted by Crippen LogP contribution is 2.31. The lowest BCUT2D eigenvalue weighted by Crippen LogP contribution is -2.43. The van der Waals surface area contributed by atoms with Gasteiger partial charge in [-0.25, -0.2) is 0 Å². The highest BCUT2D eigenvalue weighted by molar-refractivity contribution is 4.86. The fourth-order valence-electron chi connectivity index (χ4n) is 2.04. The third-order valence-corrected chi connectivity index (χ3v) is 3.06. The molecule has 1 saturated carbocycles. The molecule has 0 saturated heterocycles. The first kappa shape index (κ1) is 10.0. The van der Waals surface area contributed by atoms with E-state index in [2.05, 4.69) is 13.8 Å². The van der Waals surface area contributed by atoms with Gasteiger partial charge in [0.2, 0.25) is 0 Å². The summed E-state index contributed by atoms with van der Waals surface area (Å²) in [5.41, 5.74) is 6.05. The van der Waals surface area contributed by atoms with Crippen LogP contribution in [0.25, 0.3) is 0 Å². The smallest absolute Gasteiger partial charge is 0.0571 e. The van der Waals surface area contributed by atoms with Crippen LogP contribution in [-0.4, -0.2) is 18.8 Å². The van der Waals surface area contributed by atoms with Crippen LogP contribution in [0.1, 0.15) is 39.5 Å². The van der Waals surface area contributed by atoms with Gasteiger partial charge in [-0.05, 0) is 45.4 Å². The first-order chi connectivity index (χ1) is 5.54. The Morgan fingerprint density at radius 1 is 1.17 bits per heavy atom. The van der Waals surface area contributed by atoms with Crippen molar-refractivity contribution in [2.45, 2.75) is 51.2 Å². The van der Waals surface area contributed by atoms with Crippen molar-refractivity contribution in [1.29, 1.82) is 0 Å². The van der Waals surface area contributed by atoms with Crippen LogP contribution in [0.15, 0.2) is 0 Å². The van der Waals surface area contributed by atoms with Crippen LogP contribution in [0, 0.1) is 5.92 Å². The molecule has 2 heteroatoms. The Morgan fingerprint density at radius 3 is 2.00 bits per heavy atom. The topological polar surface area (TPSA) is 35.2 Å². The van der Waals surface area contributed by atoms with Gasteiger partial charge in [0.1, 0.15) is 0 Å². The molecule has 0 aliphatic heterocycles. The standard InChI is InChI=1S/C10H21NO/c1-10(2,11)8-4-6-9(12-3)7-5-8/h8-9H,4-7,11H2,1-3H3. The zero-order valence-electron chi connectivity index (χ0n) is 8.47. The summed E-state index contributed by atoms with van der Waals surface area (Å²) >= 11 is 0. The molecule has 0 bridgehead atoms. The SMILES string of the molecule is COC1CCC(C(C)(C)N)CC1. The average Bonchev–Trinajstić information content (AvgIpc) is 2.03. The highest BCUT2D eigenvalue weighted by atomic mass is 16.5. The molecule has 0 aromatic heterocycles. The molecule has 1 fully saturated rings. The quantitative estimate of drug-likeness (QED) is 0.689. The normalized spacial score (nSPS) is 32.0. The maximum atomic E-state index is 6.06. The number of rotatable bonds is 2. The highest BCUT2D eigenvalue weighted by Gasteiger charge is 2.29. The Labute approximate surface area is 75.5 Å². The number of nitrogens with two attached hydrogens (primary N) is 1. The van der Waals surface area contributed by atoms with Crippen molar-refractivity contribution < 1.29 is 4.74 Å². The maximum Gasteiger partial charge on any atom is 0.0571 e. The van der Waals surface area contributed by atoms with Gasteiger partial charge in [-0.3, -0.25) is 0 Å². The predicted octanol–water partition coefficient (Wildman–Crippen LogP) is 1.93. The van der Waals surface area contributed by atoms with Gasteiger partial charge >= 0.3 is 0 Å². The van der Waals surface area contributed by atoms with Gasteiger partial charge in [-0.1, -0.05) is 0 Å². The van der Waals surface area contributed by atoms with E-state index in [0.29, 0.717) is 12.0 Å². The molecule has 1 rings (SSSR count). The van der Waals surface area contributed by atoms with Crippen LogP contribution >= 0.6 is 0 Å². The van der Waals surface area contributed by atoms with Crippen LogP contribution in [-0.2, 0) is 4.74 Å². The Balaban J connectivity index is 2.36. The zero-order valence-corrected chi connectivity index (χ0v) is 8.47. The van der Waals surface area contributed by atoms with E-state index in [1.54, 1.807) is 7.11 Å². The molecule has 0 amide bonds. The fourth-order valence-corrected chi connectivity index (χ4v) is 2.04. The minimum atomic E-state index is -0.00128. The van der Waals surface area contributed by atoms with E-state index in [1.807, 2.05) is 0 Å².